The van der Waals surface area contributed by atoms with Crippen molar-refractivity contribution in [2.24, 2.45) is 0 Å². The molecule has 2 aromatic rings. The van der Waals surface area contributed by atoms with Crippen LogP contribution in [0.5, 0.6) is 0 Å². The van der Waals surface area contributed by atoms with Gasteiger partial charge in [-0.2, -0.15) is 4.98 Å². The molecule has 1 aromatic heterocycles. The quantitative estimate of drug-likeness (QED) is 0.738. The molecule has 0 fully saturated rings. The molecule has 98 valence electrons. The molecule has 1 aromatic carbocycles. The monoisotopic (exact) mass is 293 g/mol. The Kier molecular flexibility index (Phi) is 2.91. The number of aromatic nitrogens is 2. The van der Waals surface area contributed by atoms with E-state index in [4.69, 9.17) is 23.2 Å². The lowest BCUT2D eigenvalue weighted by atomic mass is 9.87. The third-order valence-electron chi connectivity index (χ3n) is 3.43. The zero-order valence-corrected chi connectivity index (χ0v) is 12.2. The Morgan fingerprint density at radius 3 is 2.74 bits per heavy atom. The minimum atomic E-state index is 0.0529. The molecule has 0 N–H and O–H groups in total. The highest BCUT2D eigenvalue weighted by Gasteiger charge is 2.36. The van der Waals surface area contributed by atoms with Gasteiger partial charge in [-0.1, -0.05) is 43.6 Å². The second-order valence-corrected chi connectivity index (χ2v) is 6.04. The number of hydrogen-bond acceptors (Lipinski definition) is 3. The summed E-state index contributed by atoms with van der Waals surface area (Å²) < 4.78 is 0. The fourth-order valence-corrected chi connectivity index (χ4v) is 2.88. The molecule has 0 radical (unpaired) electrons. The number of benzene rings is 1. The first kappa shape index (κ1) is 12.7. The average molecular weight is 294 g/mol. The van der Waals surface area contributed by atoms with Crippen LogP contribution >= 0.6 is 23.2 Å². The summed E-state index contributed by atoms with van der Waals surface area (Å²) in [4.78, 5) is 10.3. The number of para-hydroxylation sites is 1. The van der Waals surface area contributed by atoms with Crippen LogP contribution in [0.2, 0.25) is 10.3 Å². The maximum absolute atomic E-state index is 6.21. The maximum Gasteiger partial charge on any atom is 0.224 e. The Labute approximate surface area is 122 Å². The molecular formula is C14H13Cl2N3. The van der Waals surface area contributed by atoms with E-state index in [-0.39, 0.29) is 10.7 Å². The molecule has 0 saturated carbocycles. The second-order valence-electron chi connectivity index (χ2n) is 5.30. The lowest BCUT2D eigenvalue weighted by molar-refractivity contribution is 0.568. The Hall–Kier alpha value is -1.32. The third kappa shape index (κ3) is 2.07. The number of halogens is 2. The van der Waals surface area contributed by atoms with E-state index >= 15 is 0 Å². The summed E-state index contributed by atoms with van der Waals surface area (Å²) in [5, 5.41) is 0.721. The van der Waals surface area contributed by atoms with Crippen molar-refractivity contribution in [1.82, 2.24) is 9.97 Å². The summed E-state index contributed by atoms with van der Waals surface area (Å²) in [6, 6.07) is 8.30. The van der Waals surface area contributed by atoms with E-state index in [2.05, 4.69) is 46.9 Å². The Morgan fingerprint density at radius 1 is 1.21 bits per heavy atom. The Balaban J connectivity index is 2.16. The molecule has 1 aliphatic rings. The van der Waals surface area contributed by atoms with Crippen LogP contribution in [0.25, 0.3) is 0 Å². The molecule has 2 heterocycles. The topological polar surface area (TPSA) is 29.0 Å². The average Bonchev–Trinajstić information content (AvgIpc) is 2.65. The highest BCUT2D eigenvalue weighted by atomic mass is 35.5. The smallest absolute Gasteiger partial charge is 0.224 e. The molecule has 0 saturated heterocycles. The molecule has 3 nitrogen and oxygen atoms in total. The minimum absolute atomic E-state index is 0.0529. The van der Waals surface area contributed by atoms with Gasteiger partial charge < -0.3 is 4.90 Å². The van der Waals surface area contributed by atoms with Crippen molar-refractivity contribution in [3.8, 4) is 0 Å². The van der Waals surface area contributed by atoms with Crippen LogP contribution in [0.15, 0.2) is 30.5 Å². The van der Waals surface area contributed by atoms with E-state index < -0.39 is 0 Å². The second kappa shape index (κ2) is 4.36. The Morgan fingerprint density at radius 2 is 1.95 bits per heavy atom. The molecule has 19 heavy (non-hydrogen) atoms. The van der Waals surface area contributed by atoms with Crippen LogP contribution in [-0.2, 0) is 5.41 Å². The highest BCUT2D eigenvalue weighted by Crippen LogP contribution is 2.45. The van der Waals surface area contributed by atoms with Crippen molar-refractivity contribution >= 4 is 34.7 Å². The molecule has 1 aliphatic heterocycles. The lowest BCUT2D eigenvalue weighted by Gasteiger charge is -2.22. The van der Waals surface area contributed by atoms with Gasteiger partial charge in [-0.15, -0.1) is 0 Å². The van der Waals surface area contributed by atoms with Gasteiger partial charge in [0.25, 0.3) is 0 Å². The van der Waals surface area contributed by atoms with Gasteiger partial charge in [0.1, 0.15) is 5.02 Å². The predicted molar refractivity (Wildman–Crippen MR) is 78.5 cm³/mol. The molecule has 5 heteroatoms. The van der Waals surface area contributed by atoms with Crippen molar-refractivity contribution in [2.45, 2.75) is 19.3 Å². The SMILES string of the molecule is CC1(C)CN(c2nc(Cl)ncc2Cl)c2ccccc21. The van der Waals surface area contributed by atoms with Gasteiger partial charge in [0.15, 0.2) is 5.82 Å². The molecule has 0 unspecified atom stereocenters. The van der Waals surface area contributed by atoms with Crippen LogP contribution in [0.1, 0.15) is 19.4 Å². The van der Waals surface area contributed by atoms with Gasteiger partial charge >= 0.3 is 0 Å². The third-order valence-corrected chi connectivity index (χ3v) is 3.88. The molecule has 0 aliphatic carbocycles. The number of nitrogens with zero attached hydrogens (tertiary/aromatic N) is 3. The summed E-state index contributed by atoms with van der Waals surface area (Å²) >= 11 is 12.1. The van der Waals surface area contributed by atoms with Gasteiger partial charge in [-0.25, -0.2) is 4.98 Å². The number of anilines is 2. The molecule has 0 atom stereocenters. The minimum Gasteiger partial charge on any atom is -0.324 e. The standard InChI is InChI=1S/C14H13Cl2N3/c1-14(2)8-19(11-6-4-3-5-9(11)14)12-10(15)7-17-13(16)18-12/h3-7H,8H2,1-2H3. The normalized spacial score (nSPS) is 16.5. The molecule has 0 spiro atoms. The van der Waals surface area contributed by atoms with Crippen molar-refractivity contribution in [2.75, 3.05) is 11.4 Å². The Bertz CT molecular complexity index is 640. The van der Waals surface area contributed by atoms with Crippen LogP contribution in [0, 0.1) is 0 Å². The first-order valence-electron chi connectivity index (χ1n) is 6.04. The lowest BCUT2D eigenvalue weighted by Crippen LogP contribution is -2.25. The van der Waals surface area contributed by atoms with Crippen LogP contribution < -0.4 is 4.90 Å². The maximum atomic E-state index is 6.21. The first-order chi connectivity index (χ1) is 8.99. The largest absolute Gasteiger partial charge is 0.324 e. The molecule has 3 rings (SSSR count). The first-order valence-corrected chi connectivity index (χ1v) is 6.80. The van der Waals surface area contributed by atoms with Gasteiger partial charge in [0.05, 0.1) is 6.20 Å². The molecular weight excluding hydrogens is 281 g/mol. The van der Waals surface area contributed by atoms with E-state index in [9.17, 15) is 0 Å². The zero-order chi connectivity index (χ0) is 13.6. The van der Waals surface area contributed by atoms with Crippen molar-refractivity contribution in [3.05, 3.63) is 46.3 Å². The van der Waals surface area contributed by atoms with Gasteiger partial charge in [-0.05, 0) is 23.2 Å². The van der Waals surface area contributed by atoms with E-state index in [1.54, 1.807) is 6.20 Å². The predicted octanol–water partition coefficient (Wildman–Crippen LogP) is 4.21. The van der Waals surface area contributed by atoms with E-state index in [1.807, 2.05) is 6.07 Å². The summed E-state index contributed by atoms with van der Waals surface area (Å²) in [7, 11) is 0. The fraction of sp³-hybridized carbons (Fsp3) is 0.286. The zero-order valence-electron chi connectivity index (χ0n) is 10.7. The van der Waals surface area contributed by atoms with Crippen molar-refractivity contribution in [3.63, 3.8) is 0 Å². The van der Waals surface area contributed by atoms with Crippen LogP contribution in [-0.4, -0.2) is 16.5 Å². The van der Waals surface area contributed by atoms with E-state index in [0.717, 1.165) is 12.2 Å². The van der Waals surface area contributed by atoms with Crippen molar-refractivity contribution in [1.29, 1.82) is 0 Å². The van der Waals surface area contributed by atoms with Gasteiger partial charge in [0.2, 0.25) is 5.28 Å². The summed E-state index contributed by atoms with van der Waals surface area (Å²) in [6.45, 7) is 5.24. The summed E-state index contributed by atoms with van der Waals surface area (Å²) in [5.74, 6) is 0.666. The summed E-state index contributed by atoms with van der Waals surface area (Å²) in [6.07, 6.45) is 1.54. The number of fused-ring (bicyclic) bond motifs is 1. The fourth-order valence-electron chi connectivity index (χ4n) is 2.56. The highest BCUT2D eigenvalue weighted by molar-refractivity contribution is 6.33. The van der Waals surface area contributed by atoms with Crippen LogP contribution in [0.3, 0.4) is 0 Å². The number of hydrogen-bond donors (Lipinski definition) is 0. The molecule has 0 bridgehead atoms. The van der Waals surface area contributed by atoms with Gasteiger partial charge in [0, 0.05) is 17.6 Å². The van der Waals surface area contributed by atoms with Crippen molar-refractivity contribution < 1.29 is 0 Å². The molecule has 0 amide bonds. The van der Waals surface area contributed by atoms with E-state index in [1.165, 1.54) is 5.56 Å². The summed E-state index contributed by atoms with van der Waals surface area (Å²) in [5.41, 5.74) is 2.47. The number of rotatable bonds is 1. The van der Waals surface area contributed by atoms with Gasteiger partial charge in [-0.3, -0.25) is 0 Å². The van der Waals surface area contributed by atoms with E-state index in [0.29, 0.717) is 10.8 Å². The van der Waals surface area contributed by atoms with Crippen LogP contribution in [0.4, 0.5) is 11.5 Å².